The maximum Gasteiger partial charge on any atom is 0.363 e. The molecule has 4 rings (SSSR count). The van der Waals surface area contributed by atoms with Crippen LogP contribution in [0.3, 0.4) is 0 Å². The number of carboxylic acid groups (broad SMARTS) is 2. The first kappa shape index (κ1) is 14.3. The van der Waals surface area contributed by atoms with Gasteiger partial charge in [0.25, 0.3) is 0 Å². The predicted molar refractivity (Wildman–Crippen MR) is 82.5 cm³/mol. The van der Waals surface area contributed by atoms with Gasteiger partial charge >= 0.3 is 16.4 Å². The smallest absolute Gasteiger partial charge is 0.363 e. The summed E-state index contributed by atoms with van der Waals surface area (Å²) in [5, 5.41) is 18.1. The lowest BCUT2D eigenvalue weighted by atomic mass is 10.2. The number of benzene rings is 2. The van der Waals surface area contributed by atoms with Gasteiger partial charge in [-0.1, -0.05) is 0 Å². The summed E-state index contributed by atoms with van der Waals surface area (Å²) in [5.74, 6) is -0.940. The molecule has 0 aliphatic carbocycles. The second-order valence-electron chi connectivity index (χ2n) is 4.84. The second kappa shape index (κ2) is 4.84. The van der Waals surface area contributed by atoms with Crippen LogP contribution < -0.4 is 9.47 Å². The maximum absolute atomic E-state index is 11.1. The monoisotopic (exact) mass is 348 g/mol. The number of fused-ring (bicyclic) bond motifs is 2. The molecule has 6 nitrogen and oxygen atoms in total. The molecule has 0 saturated heterocycles. The van der Waals surface area contributed by atoms with Crippen LogP contribution in [0.1, 0.15) is 20.7 Å². The molecule has 0 saturated carbocycles. The van der Waals surface area contributed by atoms with E-state index >= 15 is 0 Å². The van der Waals surface area contributed by atoms with Gasteiger partial charge in [0.2, 0.25) is 0 Å². The number of carboxylic acids is 2. The molecular weight excluding hydrogens is 340 g/mol. The third-order valence-electron chi connectivity index (χ3n) is 3.32. The molecule has 2 aromatic carbocycles. The Labute approximate surface area is 138 Å². The van der Waals surface area contributed by atoms with Crippen LogP contribution in [-0.2, 0) is 0 Å². The van der Waals surface area contributed by atoms with Gasteiger partial charge in [0, 0.05) is 0 Å². The standard InChI is InChI=1S/C15H8O6S2/c16-13(17)7-1-3-9-11(5-7)22-15(20-9)21-10-4-2-8(14(18)19)6-12(10)23-15/h1-6H,(H,16,17)(H,18,19). The first-order chi connectivity index (χ1) is 11.0. The van der Waals surface area contributed by atoms with Gasteiger partial charge in [-0.15, -0.1) is 0 Å². The zero-order valence-electron chi connectivity index (χ0n) is 11.3. The quantitative estimate of drug-likeness (QED) is 0.853. The molecule has 23 heavy (non-hydrogen) atoms. The van der Waals surface area contributed by atoms with Gasteiger partial charge in [-0.05, 0) is 59.9 Å². The molecule has 0 aromatic heterocycles. The van der Waals surface area contributed by atoms with Crippen molar-refractivity contribution in [2.75, 3.05) is 0 Å². The van der Waals surface area contributed by atoms with Gasteiger partial charge in [-0.2, -0.15) is 0 Å². The fraction of sp³-hybridized carbons (Fsp3) is 0.0667. The minimum Gasteiger partial charge on any atom is -0.478 e. The first-order valence-electron chi connectivity index (χ1n) is 6.46. The van der Waals surface area contributed by atoms with Crippen molar-refractivity contribution < 1.29 is 29.3 Å². The molecule has 8 heteroatoms. The van der Waals surface area contributed by atoms with Crippen LogP contribution in [0.25, 0.3) is 0 Å². The Morgan fingerprint density at radius 1 is 0.826 bits per heavy atom. The normalized spacial score (nSPS) is 16.3. The maximum atomic E-state index is 11.1. The summed E-state index contributed by atoms with van der Waals surface area (Å²) >= 11 is 2.51. The van der Waals surface area contributed by atoms with Gasteiger partial charge < -0.3 is 19.7 Å². The first-order valence-corrected chi connectivity index (χ1v) is 8.10. The Hall–Kier alpha value is -2.32. The molecule has 0 amide bonds. The molecule has 0 atom stereocenters. The van der Waals surface area contributed by atoms with E-state index in [2.05, 4.69) is 0 Å². The van der Waals surface area contributed by atoms with E-state index in [0.29, 0.717) is 21.3 Å². The van der Waals surface area contributed by atoms with Gasteiger partial charge in [0.15, 0.2) is 0 Å². The van der Waals surface area contributed by atoms with E-state index in [0.717, 1.165) is 0 Å². The Bertz CT molecular complexity index is 792. The van der Waals surface area contributed by atoms with Crippen molar-refractivity contribution in [3.05, 3.63) is 47.5 Å². The van der Waals surface area contributed by atoms with E-state index < -0.39 is 16.4 Å². The zero-order chi connectivity index (χ0) is 16.2. The lowest BCUT2D eigenvalue weighted by Crippen LogP contribution is -2.28. The Balaban J connectivity index is 1.65. The highest BCUT2D eigenvalue weighted by atomic mass is 32.2. The molecule has 0 fully saturated rings. The lowest BCUT2D eigenvalue weighted by molar-refractivity contribution is 0.0638. The van der Waals surface area contributed by atoms with E-state index in [1.54, 1.807) is 12.1 Å². The van der Waals surface area contributed by atoms with E-state index in [1.807, 2.05) is 0 Å². The SMILES string of the molecule is O=C(O)c1ccc2c(c1)SC1(O2)Oc2ccc(C(=O)O)cc2S1. The number of ether oxygens (including phenoxy) is 2. The molecule has 2 N–H and O–H groups in total. The van der Waals surface area contributed by atoms with Crippen molar-refractivity contribution in [3.63, 3.8) is 0 Å². The number of hydrogen-bond acceptors (Lipinski definition) is 6. The molecule has 2 aliphatic heterocycles. The largest absolute Gasteiger partial charge is 0.478 e. The summed E-state index contributed by atoms with van der Waals surface area (Å²) in [5.41, 5.74) is 0.344. The number of rotatable bonds is 2. The Kier molecular flexibility index (Phi) is 3.00. The zero-order valence-corrected chi connectivity index (χ0v) is 12.9. The van der Waals surface area contributed by atoms with Crippen LogP contribution in [0, 0.1) is 0 Å². The lowest BCUT2D eigenvalue weighted by Gasteiger charge is -2.19. The molecule has 0 unspecified atom stereocenters. The number of aromatic carboxylic acids is 2. The Morgan fingerprint density at radius 2 is 1.26 bits per heavy atom. The van der Waals surface area contributed by atoms with Gasteiger partial charge in [-0.3, -0.25) is 0 Å². The average Bonchev–Trinajstić information content (AvgIpc) is 3.03. The van der Waals surface area contributed by atoms with Crippen LogP contribution >= 0.6 is 23.5 Å². The molecule has 2 heterocycles. The van der Waals surface area contributed by atoms with Crippen LogP contribution in [0.2, 0.25) is 0 Å². The highest BCUT2D eigenvalue weighted by molar-refractivity contribution is 8.18. The highest BCUT2D eigenvalue weighted by Gasteiger charge is 2.49. The van der Waals surface area contributed by atoms with Gasteiger partial charge in [0.1, 0.15) is 11.5 Å². The summed E-state index contributed by atoms with van der Waals surface area (Å²) in [4.78, 5) is 23.4. The van der Waals surface area contributed by atoms with Crippen LogP contribution in [0.4, 0.5) is 0 Å². The minimum atomic E-state index is -1.08. The van der Waals surface area contributed by atoms with Crippen molar-refractivity contribution >= 4 is 35.5 Å². The summed E-state index contributed by atoms with van der Waals surface area (Å²) < 4.78 is 10.6. The minimum absolute atomic E-state index is 0.172. The summed E-state index contributed by atoms with van der Waals surface area (Å²) in [6.07, 6.45) is 0. The van der Waals surface area contributed by atoms with Gasteiger partial charge in [-0.25, -0.2) is 9.59 Å². The van der Waals surface area contributed by atoms with Crippen LogP contribution in [0.15, 0.2) is 46.2 Å². The molecule has 0 bridgehead atoms. The van der Waals surface area contributed by atoms with Crippen molar-refractivity contribution in [2.45, 2.75) is 14.2 Å². The van der Waals surface area contributed by atoms with Crippen molar-refractivity contribution in [3.8, 4) is 11.5 Å². The molecule has 2 aliphatic rings. The van der Waals surface area contributed by atoms with E-state index in [-0.39, 0.29) is 11.1 Å². The second-order valence-corrected chi connectivity index (χ2v) is 7.46. The molecule has 116 valence electrons. The fourth-order valence-corrected chi connectivity index (χ4v) is 4.84. The summed E-state index contributed by atoms with van der Waals surface area (Å²) in [7, 11) is 0. The third kappa shape index (κ3) is 2.30. The summed E-state index contributed by atoms with van der Waals surface area (Å²) in [6, 6.07) is 9.19. The molecule has 0 radical (unpaired) electrons. The Morgan fingerprint density at radius 3 is 1.65 bits per heavy atom. The number of carbonyl (C=O) groups is 2. The molecule has 1 spiro atoms. The van der Waals surface area contributed by atoms with Crippen molar-refractivity contribution in [2.24, 2.45) is 0 Å². The topological polar surface area (TPSA) is 93.1 Å². The van der Waals surface area contributed by atoms with Crippen molar-refractivity contribution in [1.29, 1.82) is 0 Å². The number of thioether (sulfide) groups is 2. The number of hydrogen-bond donors (Lipinski definition) is 2. The fourth-order valence-electron chi connectivity index (χ4n) is 2.27. The third-order valence-corrected chi connectivity index (χ3v) is 5.73. The predicted octanol–water partition coefficient (Wildman–Crippen LogP) is 3.36. The highest BCUT2D eigenvalue weighted by Crippen LogP contribution is 2.60. The van der Waals surface area contributed by atoms with Crippen LogP contribution in [0.5, 0.6) is 11.5 Å². The molecule has 2 aromatic rings. The van der Waals surface area contributed by atoms with Crippen LogP contribution in [-0.4, -0.2) is 26.6 Å². The van der Waals surface area contributed by atoms with Crippen molar-refractivity contribution in [1.82, 2.24) is 0 Å². The van der Waals surface area contributed by atoms with Gasteiger partial charge in [0.05, 0.1) is 20.9 Å². The molecular formula is C15H8O6S2. The summed E-state index contributed by atoms with van der Waals surface area (Å²) in [6.45, 7) is 0. The van der Waals surface area contributed by atoms with E-state index in [4.69, 9.17) is 19.7 Å². The average molecular weight is 348 g/mol. The van der Waals surface area contributed by atoms with E-state index in [9.17, 15) is 9.59 Å². The van der Waals surface area contributed by atoms with E-state index in [1.165, 1.54) is 47.8 Å².